The van der Waals surface area contributed by atoms with Crippen molar-refractivity contribution in [2.24, 2.45) is 5.40 Å². The highest BCUT2D eigenvalue weighted by molar-refractivity contribution is 6.74. The zero-order valence-corrected chi connectivity index (χ0v) is 7.91. The monoisotopic (exact) mass is 145 g/mol. The lowest BCUT2D eigenvalue weighted by molar-refractivity contribution is 0.762. The predicted octanol–water partition coefficient (Wildman–Crippen LogP) is 2.34. The van der Waals surface area contributed by atoms with Crippen molar-refractivity contribution in [3.8, 4) is 0 Å². The first-order valence-corrected chi connectivity index (χ1v) is 7.13. The summed E-state index contributed by atoms with van der Waals surface area (Å²) in [5, 5.41) is 5.92. The first-order chi connectivity index (χ1) is 4.06. The molecule has 0 bridgehead atoms. The van der Waals surface area contributed by atoms with E-state index in [4.69, 9.17) is 5.40 Å². The van der Waals surface area contributed by atoms with Gasteiger partial charge >= 0.3 is 0 Å². The molecular weight excluding hydrogens is 126 g/mol. The van der Waals surface area contributed by atoms with Crippen molar-refractivity contribution < 1.29 is 0 Å². The highest BCUT2D eigenvalue weighted by atomic mass is 28.3. The van der Waals surface area contributed by atoms with Crippen LogP contribution in [0, 0.1) is 0 Å². The molecule has 0 aromatic heterocycles. The van der Waals surface area contributed by atoms with Gasteiger partial charge in [-0.15, -0.1) is 0 Å². The Morgan fingerprint density at radius 2 is 1.78 bits per heavy atom. The third-order valence-corrected chi connectivity index (χ3v) is 3.07. The molecule has 56 valence electrons. The van der Waals surface area contributed by atoms with E-state index in [1.165, 1.54) is 25.3 Å². The zero-order valence-electron chi connectivity index (χ0n) is 6.91. The summed E-state index contributed by atoms with van der Waals surface area (Å²) in [6.07, 6.45) is 4.00. The highest BCUT2D eigenvalue weighted by Crippen LogP contribution is 2.08. The maximum atomic E-state index is 5.92. The molecule has 0 rings (SSSR count). The normalized spacial score (nSPS) is 12.0. The lowest BCUT2D eigenvalue weighted by Crippen LogP contribution is -2.37. The molecule has 0 aliphatic rings. The second-order valence-electron chi connectivity index (χ2n) is 3.45. The molecule has 0 fully saturated rings. The maximum Gasteiger partial charge on any atom is 0.116 e. The Kier molecular flexibility index (Phi) is 4.15. The van der Waals surface area contributed by atoms with Gasteiger partial charge in [-0.3, -0.25) is 0 Å². The van der Waals surface area contributed by atoms with Gasteiger partial charge < -0.3 is 5.40 Å². The van der Waals surface area contributed by atoms with Gasteiger partial charge in [-0.1, -0.05) is 39.3 Å². The third kappa shape index (κ3) is 8.18. The van der Waals surface area contributed by atoms with Gasteiger partial charge in [0.15, 0.2) is 0 Å². The van der Waals surface area contributed by atoms with E-state index in [1.807, 2.05) is 0 Å². The van der Waals surface area contributed by atoms with E-state index in [0.717, 1.165) is 0 Å². The summed E-state index contributed by atoms with van der Waals surface area (Å²) in [4.78, 5) is 0. The van der Waals surface area contributed by atoms with E-state index in [1.54, 1.807) is 0 Å². The Morgan fingerprint density at radius 1 is 1.22 bits per heavy atom. The summed E-state index contributed by atoms with van der Waals surface area (Å²) in [6.45, 7) is 6.68. The fourth-order valence-electron chi connectivity index (χ4n) is 0.831. The van der Waals surface area contributed by atoms with Gasteiger partial charge in [0, 0.05) is 0 Å². The minimum Gasteiger partial charge on any atom is -0.351 e. The van der Waals surface area contributed by atoms with Crippen molar-refractivity contribution >= 4 is 8.24 Å². The van der Waals surface area contributed by atoms with Crippen LogP contribution in [0.1, 0.15) is 26.2 Å². The van der Waals surface area contributed by atoms with Crippen LogP contribution in [-0.4, -0.2) is 8.24 Å². The molecule has 2 N–H and O–H groups in total. The van der Waals surface area contributed by atoms with Crippen LogP contribution in [0.25, 0.3) is 0 Å². The van der Waals surface area contributed by atoms with Gasteiger partial charge in [0.1, 0.15) is 8.24 Å². The van der Waals surface area contributed by atoms with Crippen molar-refractivity contribution in [3.63, 3.8) is 0 Å². The highest BCUT2D eigenvalue weighted by Gasteiger charge is 2.11. The first-order valence-electron chi connectivity index (χ1n) is 3.85. The number of nitrogens with two attached hydrogens (primary N) is 1. The third-order valence-electron chi connectivity index (χ3n) is 1.42. The molecule has 9 heavy (non-hydrogen) atoms. The van der Waals surface area contributed by atoms with Gasteiger partial charge in [-0.2, -0.15) is 0 Å². The Balaban J connectivity index is 3.07. The molecule has 0 aliphatic heterocycles. The van der Waals surface area contributed by atoms with Crippen LogP contribution in [0.15, 0.2) is 0 Å². The molecule has 0 aliphatic carbocycles. The fraction of sp³-hybridized carbons (Fsp3) is 1.00. The lowest BCUT2D eigenvalue weighted by Gasteiger charge is -2.13. The van der Waals surface area contributed by atoms with Gasteiger partial charge in [-0.05, 0) is 6.04 Å². The van der Waals surface area contributed by atoms with Gasteiger partial charge in [0.05, 0.1) is 0 Å². The van der Waals surface area contributed by atoms with Crippen molar-refractivity contribution in [1.29, 1.82) is 0 Å². The molecule has 0 spiro atoms. The smallest absolute Gasteiger partial charge is 0.116 e. The van der Waals surface area contributed by atoms with E-state index >= 15 is 0 Å². The van der Waals surface area contributed by atoms with Crippen molar-refractivity contribution in [2.45, 2.75) is 45.3 Å². The van der Waals surface area contributed by atoms with Crippen LogP contribution in [-0.2, 0) is 0 Å². The van der Waals surface area contributed by atoms with Crippen molar-refractivity contribution in [1.82, 2.24) is 0 Å². The van der Waals surface area contributed by atoms with Crippen LogP contribution < -0.4 is 5.40 Å². The summed E-state index contributed by atoms with van der Waals surface area (Å²) in [6, 6.07) is 1.29. The van der Waals surface area contributed by atoms with E-state index < -0.39 is 8.24 Å². The second kappa shape index (κ2) is 4.07. The number of unbranched alkanes of at least 4 members (excludes halogenated alkanes) is 2. The molecule has 0 saturated heterocycles. The van der Waals surface area contributed by atoms with Crippen LogP contribution >= 0.6 is 0 Å². The molecule has 0 radical (unpaired) electrons. The topological polar surface area (TPSA) is 26.0 Å². The van der Waals surface area contributed by atoms with Gasteiger partial charge in [-0.25, -0.2) is 0 Å². The summed E-state index contributed by atoms with van der Waals surface area (Å²) in [5.41, 5.74) is 0. The van der Waals surface area contributed by atoms with Crippen LogP contribution in [0.5, 0.6) is 0 Å². The molecular formula is C7H19NSi. The quantitative estimate of drug-likeness (QED) is 0.477. The number of hydrogen-bond acceptors (Lipinski definition) is 1. The Bertz CT molecular complexity index is 65.8. The summed E-state index contributed by atoms with van der Waals surface area (Å²) in [5.74, 6) is 0. The molecule has 0 aromatic carbocycles. The summed E-state index contributed by atoms with van der Waals surface area (Å²) >= 11 is 0. The Hall–Kier alpha value is 0.177. The molecule has 0 atom stereocenters. The molecule has 2 heteroatoms. The maximum absolute atomic E-state index is 5.92. The standard InChI is InChI=1S/C7H19NSi/c1-4-5-6-7-9(2,3)8/h4-8H2,1-3H3. The molecule has 0 unspecified atom stereocenters. The molecule has 1 nitrogen and oxygen atoms in total. The average Bonchev–Trinajstić information content (AvgIpc) is 1.63. The zero-order chi connectivity index (χ0) is 7.33. The predicted molar refractivity (Wildman–Crippen MR) is 46.0 cm³/mol. The van der Waals surface area contributed by atoms with Crippen LogP contribution in [0.4, 0.5) is 0 Å². The van der Waals surface area contributed by atoms with Crippen LogP contribution in [0.3, 0.4) is 0 Å². The molecule has 0 heterocycles. The van der Waals surface area contributed by atoms with Gasteiger partial charge in [0.2, 0.25) is 0 Å². The average molecular weight is 145 g/mol. The minimum absolute atomic E-state index is 1.19. The van der Waals surface area contributed by atoms with E-state index in [-0.39, 0.29) is 0 Å². The first kappa shape index (κ1) is 9.18. The summed E-state index contributed by atoms with van der Waals surface area (Å²) in [7, 11) is -1.19. The number of hydrogen-bond donors (Lipinski definition) is 1. The fourth-order valence-corrected chi connectivity index (χ4v) is 1.99. The van der Waals surface area contributed by atoms with Crippen molar-refractivity contribution in [2.75, 3.05) is 0 Å². The lowest BCUT2D eigenvalue weighted by atomic mass is 10.3. The largest absolute Gasteiger partial charge is 0.351 e. The molecule has 0 aromatic rings. The van der Waals surface area contributed by atoms with E-state index in [2.05, 4.69) is 20.0 Å². The SMILES string of the molecule is CCCCC[Si](C)(C)N. The Labute approximate surface area is 59.7 Å². The molecule has 0 amide bonds. The van der Waals surface area contributed by atoms with E-state index in [9.17, 15) is 0 Å². The van der Waals surface area contributed by atoms with Crippen LogP contribution in [0.2, 0.25) is 19.1 Å². The summed E-state index contributed by atoms with van der Waals surface area (Å²) < 4.78 is 0. The van der Waals surface area contributed by atoms with Crippen molar-refractivity contribution in [3.05, 3.63) is 0 Å². The second-order valence-corrected chi connectivity index (χ2v) is 7.92. The van der Waals surface area contributed by atoms with E-state index in [0.29, 0.717) is 0 Å². The van der Waals surface area contributed by atoms with Gasteiger partial charge in [0.25, 0.3) is 0 Å². The number of rotatable bonds is 4. The minimum atomic E-state index is -1.19. The Morgan fingerprint density at radius 3 is 2.11 bits per heavy atom. The molecule has 0 saturated carbocycles.